The minimum Gasteiger partial charge on any atom is -0.368 e. The minimum atomic E-state index is 0.257. The van der Waals surface area contributed by atoms with Crippen molar-refractivity contribution in [3.8, 4) is 6.07 Å². The second kappa shape index (κ2) is 6.93. The standard InChI is InChI=1S/C16H16ClN3/c1-12(7-8-13-5-3-2-4-6-13)19-16-10-14(11-18)9-15(17)20-16/h2-6,9-10,12H,7-8H2,1H3,(H,19,20). The van der Waals surface area contributed by atoms with Gasteiger partial charge >= 0.3 is 0 Å². The lowest BCUT2D eigenvalue weighted by Crippen LogP contribution is -2.17. The predicted octanol–water partition coefficient (Wildman–Crippen LogP) is 4.04. The second-order valence-corrected chi connectivity index (χ2v) is 5.13. The van der Waals surface area contributed by atoms with Gasteiger partial charge in [-0.15, -0.1) is 0 Å². The van der Waals surface area contributed by atoms with Crippen molar-refractivity contribution in [3.05, 3.63) is 58.7 Å². The van der Waals surface area contributed by atoms with Crippen molar-refractivity contribution >= 4 is 17.4 Å². The number of aryl methyl sites for hydroxylation is 1. The van der Waals surface area contributed by atoms with Crippen molar-refractivity contribution in [3.63, 3.8) is 0 Å². The van der Waals surface area contributed by atoms with Crippen molar-refractivity contribution in [2.75, 3.05) is 5.32 Å². The van der Waals surface area contributed by atoms with Crippen molar-refractivity contribution in [1.29, 1.82) is 5.26 Å². The third kappa shape index (κ3) is 4.25. The van der Waals surface area contributed by atoms with Crippen LogP contribution in [0.2, 0.25) is 5.15 Å². The highest BCUT2D eigenvalue weighted by atomic mass is 35.5. The predicted molar refractivity (Wildman–Crippen MR) is 81.8 cm³/mol. The monoisotopic (exact) mass is 285 g/mol. The number of nitrogens with zero attached hydrogens (tertiary/aromatic N) is 2. The summed E-state index contributed by atoms with van der Waals surface area (Å²) >= 11 is 5.88. The zero-order chi connectivity index (χ0) is 14.4. The minimum absolute atomic E-state index is 0.257. The van der Waals surface area contributed by atoms with Crippen LogP contribution in [0.4, 0.5) is 5.82 Å². The molecule has 0 bridgehead atoms. The number of hydrogen-bond acceptors (Lipinski definition) is 3. The highest BCUT2D eigenvalue weighted by molar-refractivity contribution is 6.29. The van der Waals surface area contributed by atoms with Gasteiger partial charge in [0.1, 0.15) is 11.0 Å². The molecule has 1 heterocycles. The van der Waals surface area contributed by atoms with Crippen LogP contribution in [0.1, 0.15) is 24.5 Å². The molecule has 1 aromatic carbocycles. The van der Waals surface area contributed by atoms with E-state index in [0.29, 0.717) is 16.5 Å². The Morgan fingerprint density at radius 2 is 2.05 bits per heavy atom. The highest BCUT2D eigenvalue weighted by Gasteiger charge is 2.06. The molecule has 2 aromatic rings. The summed E-state index contributed by atoms with van der Waals surface area (Å²) in [5.41, 5.74) is 1.83. The normalized spacial score (nSPS) is 11.7. The Kier molecular flexibility index (Phi) is 4.97. The Morgan fingerprint density at radius 1 is 1.30 bits per heavy atom. The van der Waals surface area contributed by atoms with Crippen LogP contribution in [-0.2, 0) is 6.42 Å². The van der Waals surface area contributed by atoms with Gasteiger partial charge in [-0.2, -0.15) is 5.26 Å². The summed E-state index contributed by atoms with van der Waals surface area (Å²) in [6, 6.07) is 16.0. The molecule has 102 valence electrons. The molecule has 0 amide bonds. The fraction of sp³-hybridized carbons (Fsp3) is 0.250. The lowest BCUT2D eigenvalue weighted by atomic mass is 10.1. The maximum absolute atomic E-state index is 8.91. The average molecular weight is 286 g/mol. The molecule has 1 N–H and O–H groups in total. The molecular formula is C16H16ClN3. The van der Waals surface area contributed by atoms with Gasteiger partial charge in [0, 0.05) is 6.04 Å². The Hall–Kier alpha value is -2.05. The Bertz CT molecular complexity index is 605. The summed E-state index contributed by atoms with van der Waals surface area (Å²) in [5, 5.41) is 12.5. The first-order valence-electron chi connectivity index (χ1n) is 6.55. The van der Waals surface area contributed by atoms with E-state index in [0.717, 1.165) is 12.8 Å². The van der Waals surface area contributed by atoms with Gasteiger partial charge in [0.15, 0.2) is 0 Å². The molecule has 0 fully saturated rings. The van der Waals surface area contributed by atoms with Crippen LogP contribution in [0.25, 0.3) is 0 Å². The van der Waals surface area contributed by atoms with E-state index in [1.54, 1.807) is 12.1 Å². The fourth-order valence-electron chi connectivity index (χ4n) is 1.99. The topological polar surface area (TPSA) is 48.7 Å². The molecule has 4 heteroatoms. The van der Waals surface area contributed by atoms with E-state index >= 15 is 0 Å². The van der Waals surface area contributed by atoms with Crippen LogP contribution < -0.4 is 5.32 Å². The number of benzene rings is 1. The Morgan fingerprint density at radius 3 is 2.75 bits per heavy atom. The number of halogens is 1. The van der Waals surface area contributed by atoms with Crippen molar-refractivity contribution in [1.82, 2.24) is 4.98 Å². The number of nitrogens with one attached hydrogen (secondary N) is 1. The summed E-state index contributed by atoms with van der Waals surface area (Å²) in [7, 11) is 0. The molecule has 0 spiro atoms. The van der Waals surface area contributed by atoms with Crippen molar-refractivity contribution in [2.24, 2.45) is 0 Å². The van der Waals surface area contributed by atoms with Crippen LogP contribution in [-0.4, -0.2) is 11.0 Å². The number of nitriles is 1. The lowest BCUT2D eigenvalue weighted by Gasteiger charge is -2.14. The van der Waals surface area contributed by atoms with Gasteiger partial charge in [-0.25, -0.2) is 4.98 Å². The van der Waals surface area contributed by atoms with Gasteiger partial charge in [0.2, 0.25) is 0 Å². The SMILES string of the molecule is CC(CCc1ccccc1)Nc1cc(C#N)cc(Cl)n1. The van der Waals surface area contributed by atoms with Crippen LogP contribution in [0, 0.1) is 11.3 Å². The molecule has 0 saturated carbocycles. The molecule has 1 unspecified atom stereocenters. The van der Waals surface area contributed by atoms with Gasteiger partial charge < -0.3 is 5.32 Å². The number of aromatic nitrogens is 1. The summed E-state index contributed by atoms with van der Waals surface area (Å²) < 4.78 is 0. The van der Waals surface area contributed by atoms with E-state index in [1.807, 2.05) is 18.2 Å². The van der Waals surface area contributed by atoms with E-state index in [-0.39, 0.29) is 6.04 Å². The summed E-state index contributed by atoms with van der Waals surface area (Å²) in [4.78, 5) is 4.18. The number of pyridine rings is 1. The third-order valence-corrected chi connectivity index (χ3v) is 3.22. The van der Waals surface area contributed by atoms with Crippen molar-refractivity contribution < 1.29 is 0 Å². The summed E-state index contributed by atoms with van der Waals surface area (Å²) in [5.74, 6) is 0.648. The van der Waals surface area contributed by atoms with E-state index in [1.165, 1.54) is 5.56 Å². The quantitative estimate of drug-likeness (QED) is 0.844. The largest absolute Gasteiger partial charge is 0.368 e. The Labute approximate surface area is 124 Å². The summed E-state index contributed by atoms with van der Waals surface area (Å²) in [6.45, 7) is 2.09. The van der Waals surface area contributed by atoms with E-state index in [4.69, 9.17) is 16.9 Å². The summed E-state index contributed by atoms with van der Waals surface area (Å²) in [6.07, 6.45) is 1.99. The van der Waals surface area contributed by atoms with E-state index < -0.39 is 0 Å². The first-order chi connectivity index (χ1) is 9.67. The van der Waals surface area contributed by atoms with Gasteiger partial charge in [0.25, 0.3) is 0 Å². The first kappa shape index (κ1) is 14.4. The van der Waals surface area contributed by atoms with Gasteiger partial charge in [-0.1, -0.05) is 41.9 Å². The van der Waals surface area contributed by atoms with Crippen LogP contribution in [0.3, 0.4) is 0 Å². The zero-order valence-electron chi connectivity index (χ0n) is 11.3. The van der Waals surface area contributed by atoms with E-state index in [9.17, 15) is 0 Å². The first-order valence-corrected chi connectivity index (χ1v) is 6.93. The molecule has 0 aliphatic rings. The van der Waals surface area contributed by atoms with Gasteiger partial charge in [-0.3, -0.25) is 0 Å². The van der Waals surface area contributed by atoms with E-state index in [2.05, 4.69) is 35.4 Å². The molecule has 1 aromatic heterocycles. The zero-order valence-corrected chi connectivity index (χ0v) is 12.1. The molecule has 1 atom stereocenters. The number of rotatable bonds is 5. The van der Waals surface area contributed by atoms with Gasteiger partial charge in [-0.05, 0) is 37.5 Å². The maximum Gasteiger partial charge on any atom is 0.132 e. The van der Waals surface area contributed by atoms with Crippen LogP contribution in [0.15, 0.2) is 42.5 Å². The molecule has 3 nitrogen and oxygen atoms in total. The smallest absolute Gasteiger partial charge is 0.132 e. The molecule has 2 rings (SSSR count). The van der Waals surface area contributed by atoms with Gasteiger partial charge in [0.05, 0.1) is 11.6 Å². The second-order valence-electron chi connectivity index (χ2n) is 4.75. The lowest BCUT2D eigenvalue weighted by molar-refractivity contribution is 0.703. The number of hydrogen-bond donors (Lipinski definition) is 1. The third-order valence-electron chi connectivity index (χ3n) is 3.03. The van der Waals surface area contributed by atoms with Crippen LogP contribution in [0.5, 0.6) is 0 Å². The molecule has 0 aliphatic heterocycles. The Balaban J connectivity index is 1.93. The molecule has 20 heavy (non-hydrogen) atoms. The molecular weight excluding hydrogens is 270 g/mol. The molecule has 0 aliphatic carbocycles. The average Bonchev–Trinajstić information content (AvgIpc) is 2.45. The molecule has 0 saturated heterocycles. The maximum atomic E-state index is 8.91. The fourth-order valence-corrected chi connectivity index (χ4v) is 2.20. The molecule has 0 radical (unpaired) electrons. The highest BCUT2D eigenvalue weighted by Crippen LogP contribution is 2.16. The number of anilines is 1. The van der Waals surface area contributed by atoms with Crippen LogP contribution >= 0.6 is 11.6 Å². The van der Waals surface area contributed by atoms with Crippen molar-refractivity contribution in [2.45, 2.75) is 25.8 Å².